The third-order valence-corrected chi connectivity index (χ3v) is 7.04. The number of nitrogens with one attached hydrogen (secondary N) is 2. The molecule has 2 N–H and O–H groups in total. The Hall–Kier alpha value is -2.46. The Morgan fingerprint density at radius 3 is 2.21 bits per heavy atom. The summed E-state index contributed by atoms with van der Waals surface area (Å²) in [5.41, 5.74) is 2.15. The summed E-state index contributed by atoms with van der Waals surface area (Å²) in [6.45, 7) is 8.69. The predicted octanol–water partition coefficient (Wildman–Crippen LogP) is 2.29. The van der Waals surface area contributed by atoms with Gasteiger partial charge >= 0.3 is 0 Å². The summed E-state index contributed by atoms with van der Waals surface area (Å²) in [4.78, 5) is 14.9. The average Bonchev–Trinajstić information content (AvgIpc) is 2.77. The highest BCUT2D eigenvalue weighted by Crippen LogP contribution is 2.16. The molecule has 0 spiro atoms. The van der Waals surface area contributed by atoms with E-state index in [1.54, 1.807) is 12.1 Å². The lowest BCUT2D eigenvalue weighted by molar-refractivity contribution is -0.122. The van der Waals surface area contributed by atoms with E-state index in [0.717, 1.165) is 25.2 Å². The van der Waals surface area contributed by atoms with Crippen LogP contribution in [0.25, 0.3) is 0 Å². The van der Waals surface area contributed by atoms with E-state index in [9.17, 15) is 13.2 Å². The Bertz CT molecular complexity index is 1020. The maximum absolute atomic E-state index is 12.5. The number of sulfonamides is 1. The van der Waals surface area contributed by atoms with E-state index in [-0.39, 0.29) is 17.1 Å². The van der Waals surface area contributed by atoms with Gasteiger partial charge in [0.15, 0.2) is 0 Å². The van der Waals surface area contributed by atoms with Gasteiger partial charge in [-0.1, -0.05) is 24.3 Å². The molecule has 3 rings (SSSR count). The lowest BCUT2D eigenvalue weighted by Gasteiger charge is -2.35. The van der Waals surface area contributed by atoms with E-state index in [4.69, 9.17) is 9.47 Å². The Kier molecular flexibility index (Phi) is 8.47. The fourth-order valence-electron chi connectivity index (χ4n) is 3.89. The van der Waals surface area contributed by atoms with Crippen LogP contribution in [-0.4, -0.2) is 57.7 Å². The van der Waals surface area contributed by atoms with Crippen LogP contribution in [0.5, 0.6) is 5.75 Å². The van der Waals surface area contributed by atoms with Crippen molar-refractivity contribution in [2.45, 2.75) is 57.0 Å². The van der Waals surface area contributed by atoms with Gasteiger partial charge in [0, 0.05) is 26.2 Å². The molecule has 33 heavy (non-hydrogen) atoms. The highest BCUT2D eigenvalue weighted by atomic mass is 32.2. The minimum Gasteiger partial charge on any atom is -0.497 e. The van der Waals surface area contributed by atoms with Crippen LogP contribution in [0.3, 0.4) is 0 Å². The van der Waals surface area contributed by atoms with Crippen molar-refractivity contribution in [1.29, 1.82) is 0 Å². The van der Waals surface area contributed by atoms with E-state index in [1.165, 1.54) is 31.7 Å². The zero-order valence-electron chi connectivity index (χ0n) is 19.6. The molecule has 2 aromatic rings. The fraction of sp³-hybridized carbons (Fsp3) is 0.458. The standard InChI is InChI=1S/C24H33N3O5S/c1-17-14-27(15-18(2)32-17)16-21-7-5-20(6-8-21)13-25-24(28)19(3)26-33(29,30)23-11-9-22(31-4)10-12-23/h5-12,17-19,26H,13-16H2,1-4H3,(H,25,28)/t17?,18?,19-/m0/s1. The molecule has 9 heteroatoms. The lowest BCUT2D eigenvalue weighted by Crippen LogP contribution is -2.44. The normalized spacial score (nSPS) is 20.2. The second kappa shape index (κ2) is 11.1. The molecule has 1 aliphatic heterocycles. The second-order valence-electron chi connectivity index (χ2n) is 8.50. The molecule has 0 saturated carbocycles. The highest BCUT2D eigenvalue weighted by Gasteiger charge is 2.23. The third-order valence-electron chi connectivity index (χ3n) is 5.49. The first-order chi connectivity index (χ1) is 15.7. The number of morpholine rings is 1. The first-order valence-corrected chi connectivity index (χ1v) is 12.5. The lowest BCUT2D eigenvalue weighted by atomic mass is 10.1. The molecule has 1 fully saturated rings. The van der Waals surface area contributed by atoms with Crippen molar-refractivity contribution in [3.05, 3.63) is 59.7 Å². The molecular formula is C24H33N3O5S. The molecule has 1 saturated heterocycles. The van der Waals surface area contributed by atoms with Crippen molar-refractivity contribution in [3.63, 3.8) is 0 Å². The fourth-order valence-corrected chi connectivity index (χ4v) is 5.09. The molecule has 1 aliphatic rings. The molecule has 1 amide bonds. The summed E-state index contributed by atoms with van der Waals surface area (Å²) in [7, 11) is -2.31. The van der Waals surface area contributed by atoms with Gasteiger partial charge in [-0.3, -0.25) is 9.69 Å². The monoisotopic (exact) mass is 475 g/mol. The number of ether oxygens (including phenoxy) is 2. The van der Waals surface area contributed by atoms with Gasteiger partial charge in [-0.05, 0) is 56.2 Å². The Morgan fingerprint density at radius 2 is 1.64 bits per heavy atom. The van der Waals surface area contributed by atoms with Crippen molar-refractivity contribution in [2.24, 2.45) is 0 Å². The molecule has 0 aliphatic carbocycles. The Labute approximate surface area is 196 Å². The number of benzene rings is 2. The maximum atomic E-state index is 12.5. The SMILES string of the molecule is COc1ccc(S(=O)(=O)N[C@@H](C)C(=O)NCc2ccc(CN3CC(C)OC(C)C3)cc2)cc1. The van der Waals surface area contributed by atoms with Crippen LogP contribution in [0, 0.1) is 0 Å². The molecular weight excluding hydrogens is 442 g/mol. The van der Waals surface area contributed by atoms with E-state index >= 15 is 0 Å². The van der Waals surface area contributed by atoms with Crippen molar-refractivity contribution >= 4 is 15.9 Å². The van der Waals surface area contributed by atoms with Crippen molar-refractivity contribution in [1.82, 2.24) is 14.9 Å². The van der Waals surface area contributed by atoms with E-state index in [0.29, 0.717) is 12.3 Å². The minimum atomic E-state index is -3.82. The second-order valence-corrected chi connectivity index (χ2v) is 10.2. The Morgan fingerprint density at radius 1 is 1.06 bits per heavy atom. The van der Waals surface area contributed by atoms with E-state index < -0.39 is 22.0 Å². The number of rotatable bonds is 9. The largest absolute Gasteiger partial charge is 0.497 e. The summed E-state index contributed by atoms with van der Waals surface area (Å²) in [6, 6.07) is 13.2. The van der Waals surface area contributed by atoms with Gasteiger partial charge in [0.1, 0.15) is 5.75 Å². The van der Waals surface area contributed by atoms with Crippen LogP contribution >= 0.6 is 0 Å². The zero-order valence-corrected chi connectivity index (χ0v) is 20.4. The number of nitrogens with zero attached hydrogens (tertiary/aromatic N) is 1. The van der Waals surface area contributed by atoms with Crippen molar-refractivity contribution in [3.8, 4) is 5.75 Å². The first kappa shape index (κ1) is 25.2. The number of hydrogen-bond acceptors (Lipinski definition) is 6. The van der Waals surface area contributed by atoms with Crippen molar-refractivity contribution in [2.75, 3.05) is 20.2 Å². The summed E-state index contributed by atoms with van der Waals surface area (Å²) >= 11 is 0. The average molecular weight is 476 g/mol. The summed E-state index contributed by atoms with van der Waals surface area (Å²) in [5.74, 6) is 0.160. The molecule has 0 bridgehead atoms. The number of methoxy groups -OCH3 is 1. The first-order valence-electron chi connectivity index (χ1n) is 11.1. The van der Waals surface area contributed by atoms with Gasteiger partial charge in [-0.25, -0.2) is 8.42 Å². The molecule has 0 aromatic heterocycles. The number of amides is 1. The number of carbonyl (C=O) groups excluding carboxylic acids is 1. The van der Waals surface area contributed by atoms with Gasteiger partial charge in [0.05, 0.1) is 30.3 Å². The van der Waals surface area contributed by atoms with Gasteiger partial charge in [0.2, 0.25) is 15.9 Å². The number of carbonyl (C=O) groups is 1. The van der Waals surface area contributed by atoms with E-state index in [1.807, 2.05) is 12.1 Å². The van der Waals surface area contributed by atoms with Crippen LogP contribution in [-0.2, 0) is 32.6 Å². The van der Waals surface area contributed by atoms with Crippen LogP contribution in [0.1, 0.15) is 31.9 Å². The highest BCUT2D eigenvalue weighted by molar-refractivity contribution is 7.89. The quantitative estimate of drug-likeness (QED) is 0.578. The van der Waals surface area contributed by atoms with Gasteiger partial charge in [-0.15, -0.1) is 0 Å². The van der Waals surface area contributed by atoms with Crippen LogP contribution < -0.4 is 14.8 Å². The smallest absolute Gasteiger partial charge is 0.241 e. The minimum absolute atomic E-state index is 0.0718. The van der Waals surface area contributed by atoms with Gasteiger partial charge in [0.25, 0.3) is 0 Å². The third kappa shape index (κ3) is 7.26. The molecule has 0 radical (unpaired) electrons. The zero-order chi connectivity index (χ0) is 24.0. The molecule has 8 nitrogen and oxygen atoms in total. The van der Waals surface area contributed by atoms with Gasteiger partial charge < -0.3 is 14.8 Å². The molecule has 2 unspecified atom stereocenters. The van der Waals surface area contributed by atoms with Crippen LogP contribution in [0.2, 0.25) is 0 Å². The molecule has 3 atom stereocenters. The molecule has 180 valence electrons. The maximum Gasteiger partial charge on any atom is 0.241 e. The van der Waals surface area contributed by atoms with Crippen LogP contribution in [0.4, 0.5) is 0 Å². The summed E-state index contributed by atoms with van der Waals surface area (Å²) in [6.07, 6.45) is 0.458. The molecule has 2 aromatic carbocycles. The van der Waals surface area contributed by atoms with Crippen molar-refractivity contribution < 1.29 is 22.7 Å². The van der Waals surface area contributed by atoms with E-state index in [2.05, 4.69) is 40.9 Å². The predicted molar refractivity (Wildman–Crippen MR) is 126 cm³/mol. The number of hydrogen-bond donors (Lipinski definition) is 2. The summed E-state index contributed by atoms with van der Waals surface area (Å²) in [5, 5.41) is 2.79. The topological polar surface area (TPSA) is 97.0 Å². The molecule has 1 heterocycles. The Balaban J connectivity index is 1.49. The van der Waals surface area contributed by atoms with Gasteiger partial charge in [-0.2, -0.15) is 4.72 Å². The van der Waals surface area contributed by atoms with Crippen LogP contribution in [0.15, 0.2) is 53.4 Å². The summed E-state index contributed by atoms with van der Waals surface area (Å²) < 4.78 is 38.3.